The van der Waals surface area contributed by atoms with E-state index in [9.17, 15) is 24.7 Å². The van der Waals surface area contributed by atoms with Gasteiger partial charge >= 0.3 is 17.9 Å². The minimum atomic E-state index is -1.54. The number of cyclic esters (lactones) is 2. The molecular formula is C27H28N2O8. The molecule has 1 saturated heterocycles. The van der Waals surface area contributed by atoms with Crippen LogP contribution >= 0.6 is 0 Å². The summed E-state index contributed by atoms with van der Waals surface area (Å²) >= 11 is 0. The molecule has 1 aliphatic heterocycles. The maximum Gasteiger partial charge on any atom is 0.341 e. The average molecular weight is 509 g/mol. The van der Waals surface area contributed by atoms with Gasteiger partial charge in [-0.2, -0.15) is 0 Å². The van der Waals surface area contributed by atoms with Crippen molar-refractivity contribution < 1.29 is 38.4 Å². The Labute approximate surface area is 213 Å². The largest absolute Gasteiger partial charge is 0.711 e. The van der Waals surface area contributed by atoms with E-state index in [1.807, 2.05) is 30.3 Å². The number of rotatable bonds is 8. The fourth-order valence-electron chi connectivity index (χ4n) is 4.53. The molecule has 10 nitrogen and oxygen atoms in total. The summed E-state index contributed by atoms with van der Waals surface area (Å²) < 4.78 is 18.8. The van der Waals surface area contributed by atoms with Gasteiger partial charge in [-0.25, -0.2) is 14.1 Å². The lowest BCUT2D eigenvalue weighted by molar-refractivity contribution is -0.621. The van der Waals surface area contributed by atoms with Crippen LogP contribution in [0.2, 0.25) is 0 Å². The normalized spacial score (nSPS) is 16.1. The monoisotopic (exact) mass is 508 g/mol. The summed E-state index contributed by atoms with van der Waals surface area (Å²) in [6, 6.07) is 15.8. The summed E-state index contributed by atoms with van der Waals surface area (Å²) in [5.41, 5.74) is 2.20. The molecule has 1 aliphatic rings. The number of hydrogen-bond acceptors (Lipinski definition) is 7. The lowest BCUT2D eigenvalue weighted by Gasteiger charge is -2.35. The zero-order valence-electron chi connectivity index (χ0n) is 21.0. The third kappa shape index (κ3) is 5.13. The maximum atomic E-state index is 13.6. The molecule has 1 N–H and O–H groups in total. The first-order valence-corrected chi connectivity index (χ1v) is 11.7. The lowest BCUT2D eigenvalue weighted by Crippen LogP contribution is -2.50. The highest BCUT2D eigenvalue weighted by Gasteiger charge is 2.52. The van der Waals surface area contributed by atoms with Crippen molar-refractivity contribution in [2.75, 3.05) is 6.61 Å². The summed E-state index contributed by atoms with van der Waals surface area (Å²) in [4.78, 5) is 37.8. The van der Waals surface area contributed by atoms with Crippen molar-refractivity contribution in [3.63, 3.8) is 0 Å². The smallest absolute Gasteiger partial charge is 0.341 e. The van der Waals surface area contributed by atoms with Crippen LogP contribution in [-0.2, 0) is 30.4 Å². The molecule has 194 valence electrons. The SMILES string of the molecule is Cc1c(C)[n+]([O-])c(C(c2ccccc2OCC(=O)O)C2C(=O)OC(C)(C)OC2=O)n1Cc1ccccc1. The molecule has 0 radical (unpaired) electrons. The third-order valence-electron chi connectivity index (χ3n) is 6.32. The van der Waals surface area contributed by atoms with Gasteiger partial charge in [0.1, 0.15) is 29.6 Å². The number of imidazole rings is 1. The molecule has 1 atom stereocenters. The van der Waals surface area contributed by atoms with Crippen LogP contribution in [0.3, 0.4) is 0 Å². The van der Waals surface area contributed by atoms with Crippen molar-refractivity contribution in [1.29, 1.82) is 0 Å². The molecule has 0 bridgehead atoms. The number of carbonyl (C=O) groups excluding carboxylic acids is 2. The molecular weight excluding hydrogens is 480 g/mol. The van der Waals surface area contributed by atoms with Gasteiger partial charge in [0.15, 0.2) is 12.5 Å². The van der Waals surface area contributed by atoms with E-state index in [2.05, 4.69) is 0 Å². The van der Waals surface area contributed by atoms with Crippen molar-refractivity contribution in [2.45, 2.75) is 45.9 Å². The average Bonchev–Trinajstić information content (AvgIpc) is 3.04. The molecule has 0 saturated carbocycles. The Hall–Kier alpha value is -4.34. The van der Waals surface area contributed by atoms with Gasteiger partial charge in [-0.05, 0) is 11.6 Å². The topological polar surface area (TPSA) is 131 Å². The van der Waals surface area contributed by atoms with Crippen molar-refractivity contribution >= 4 is 17.9 Å². The van der Waals surface area contributed by atoms with E-state index in [0.717, 1.165) is 5.56 Å². The molecule has 10 heteroatoms. The van der Waals surface area contributed by atoms with Crippen LogP contribution in [0.4, 0.5) is 0 Å². The number of carboxylic acid groups (broad SMARTS) is 1. The second kappa shape index (κ2) is 9.96. The van der Waals surface area contributed by atoms with E-state index >= 15 is 0 Å². The zero-order valence-corrected chi connectivity index (χ0v) is 21.0. The van der Waals surface area contributed by atoms with Crippen LogP contribution in [0.1, 0.15) is 48.1 Å². The molecule has 0 amide bonds. The van der Waals surface area contributed by atoms with Gasteiger partial charge in [0, 0.05) is 33.3 Å². The highest BCUT2D eigenvalue weighted by Crippen LogP contribution is 2.41. The van der Waals surface area contributed by atoms with Crippen molar-refractivity contribution in [1.82, 2.24) is 4.57 Å². The minimum absolute atomic E-state index is 0.101. The quantitative estimate of drug-likeness (QED) is 0.213. The molecule has 37 heavy (non-hydrogen) atoms. The van der Waals surface area contributed by atoms with Gasteiger partial charge in [-0.3, -0.25) is 9.59 Å². The molecule has 0 spiro atoms. The predicted octanol–water partition coefficient (Wildman–Crippen LogP) is 2.83. The summed E-state index contributed by atoms with van der Waals surface area (Å²) in [6.45, 7) is 5.95. The predicted molar refractivity (Wildman–Crippen MR) is 130 cm³/mol. The van der Waals surface area contributed by atoms with Crippen molar-refractivity contribution in [2.24, 2.45) is 5.92 Å². The highest BCUT2D eigenvalue weighted by atomic mass is 16.7. The first-order chi connectivity index (χ1) is 17.5. The number of nitrogens with zero attached hydrogens (tertiary/aromatic N) is 2. The number of aromatic nitrogens is 2. The van der Waals surface area contributed by atoms with Crippen LogP contribution in [0.5, 0.6) is 5.75 Å². The Morgan fingerprint density at radius 2 is 1.68 bits per heavy atom. The van der Waals surface area contributed by atoms with E-state index in [1.54, 1.807) is 36.6 Å². The minimum Gasteiger partial charge on any atom is -0.711 e. The van der Waals surface area contributed by atoms with E-state index in [-0.39, 0.29) is 23.7 Å². The molecule has 2 heterocycles. The Balaban J connectivity index is 1.95. The summed E-state index contributed by atoms with van der Waals surface area (Å²) in [5, 5.41) is 22.8. The van der Waals surface area contributed by atoms with E-state index in [1.165, 1.54) is 19.9 Å². The molecule has 1 aromatic heterocycles. The summed E-state index contributed by atoms with van der Waals surface area (Å²) in [6.07, 6.45) is 0. The molecule has 0 aliphatic carbocycles. The van der Waals surface area contributed by atoms with E-state index in [0.29, 0.717) is 16.1 Å². The zero-order chi connectivity index (χ0) is 26.9. The standard InChI is InChI=1S/C27H28N2O8/c1-16-17(2)29(34)24(28(16)14-18-10-6-5-7-11-18)22(23-25(32)36-27(3,4)37-26(23)33)19-12-8-9-13-20(19)35-15-21(30)31/h5-13,22-23H,14-15H2,1-4H3,(H,30,31). The van der Waals surface area contributed by atoms with Gasteiger partial charge in [0.05, 0.1) is 0 Å². The first-order valence-electron chi connectivity index (χ1n) is 11.7. The van der Waals surface area contributed by atoms with Gasteiger partial charge in [-0.1, -0.05) is 48.5 Å². The van der Waals surface area contributed by atoms with Gasteiger partial charge < -0.3 is 24.5 Å². The van der Waals surface area contributed by atoms with Crippen molar-refractivity contribution in [3.8, 4) is 5.75 Å². The number of para-hydroxylation sites is 1. The van der Waals surface area contributed by atoms with Gasteiger partial charge in [0.25, 0.3) is 11.6 Å². The number of aliphatic carboxylic acids is 1. The van der Waals surface area contributed by atoms with Crippen LogP contribution in [0.25, 0.3) is 0 Å². The molecule has 1 unspecified atom stereocenters. The van der Waals surface area contributed by atoms with Gasteiger partial charge in [0.2, 0.25) is 0 Å². The number of ether oxygens (including phenoxy) is 3. The van der Waals surface area contributed by atoms with E-state index < -0.39 is 42.1 Å². The number of benzene rings is 2. The third-order valence-corrected chi connectivity index (χ3v) is 6.32. The maximum absolute atomic E-state index is 13.6. The number of esters is 2. The van der Waals surface area contributed by atoms with Crippen LogP contribution < -0.4 is 9.47 Å². The van der Waals surface area contributed by atoms with E-state index in [4.69, 9.17) is 14.2 Å². The van der Waals surface area contributed by atoms with Crippen LogP contribution in [-0.4, -0.2) is 40.0 Å². The van der Waals surface area contributed by atoms with Crippen LogP contribution in [0.15, 0.2) is 54.6 Å². The van der Waals surface area contributed by atoms with Crippen molar-refractivity contribution in [3.05, 3.63) is 88.1 Å². The Bertz CT molecular complexity index is 1330. The van der Waals surface area contributed by atoms with Crippen LogP contribution in [0, 0.1) is 25.0 Å². The molecule has 3 aromatic rings. The Morgan fingerprint density at radius 3 is 2.30 bits per heavy atom. The Morgan fingerprint density at radius 1 is 1.08 bits per heavy atom. The fraction of sp³-hybridized carbons (Fsp3) is 0.333. The summed E-state index contributed by atoms with van der Waals surface area (Å²) in [5.74, 6) is -6.92. The number of hydrogen-bond donors (Lipinski definition) is 1. The molecule has 2 aromatic carbocycles. The lowest BCUT2D eigenvalue weighted by atomic mass is 9.83. The molecule has 4 rings (SSSR count). The highest BCUT2D eigenvalue weighted by molar-refractivity contribution is 5.98. The second-order valence-electron chi connectivity index (χ2n) is 9.31. The fourth-order valence-corrected chi connectivity index (χ4v) is 4.53. The van der Waals surface area contributed by atoms with Gasteiger partial charge in [-0.15, -0.1) is 0 Å². The number of carboxylic acids is 1. The molecule has 1 fully saturated rings. The summed E-state index contributed by atoms with van der Waals surface area (Å²) in [7, 11) is 0. The number of carbonyl (C=O) groups is 3. The second-order valence-corrected chi connectivity index (χ2v) is 9.31. The Kier molecular flexibility index (Phi) is 6.93. The first kappa shape index (κ1) is 25.7.